The minimum absolute atomic E-state index is 0.113. The molecule has 0 unspecified atom stereocenters. The summed E-state index contributed by atoms with van der Waals surface area (Å²) < 4.78 is 10.9. The maximum atomic E-state index is 13.2. The highest BCUT2D eigenvalue weighted by atomic mass is 16.5. The summed E-state index contributed by atoms with van der Waals surface area (Å²) in [5.74, 6) is 0.953. The average Bonchev–Trinajstić information content (AvgIpc) is 3.77. The molecule has 1 aliphatic heterocycles. The number of rotatable bonds is 8. The average molecular weight is 501 g/mol. The van der Waals surface area contributed by atoms with Crippen LogP contribution >= 0.6 is 0 Å². The quantitative estimate of drug-likeness (QED) is 0.483. The molecule has 8 heteroatoms. The lowest BCUT2D eigenvalue weighted by molar-refractivity contribution is 0.0950. The number of methoxy groups -OCH3 is 2. The van der Waals surface area contributed by atoms with Crippen molar-refractivity contribution in [2.24, 2.45) is 0 Å². The second-order valence-corrected chi connectivity index (χ2v) is 9.28. The third-order valence-corrected chi connectivity index (χ3v) is 6.81. The predicted octanol–water partition coefficient (Wildman–Crippen LogP) is 4.17. The highest BCUT2D eigenvalue weighted by Gasteiger charge is 2.28. The van der Waals surface area contributed by atoms with Crippen LogP contribution in [0.5, 0.6) is 11.5 Å². The number of piperazine rings is 1. The molecule has 2 amide bonds. The van der Waals surface area contributed by atoms with Crippen LogP contribution < -0.4 is 29.9 Å². The fourth-order valence-electron chi connectivity index (χ4n) is 4.67. The van der Waals surface area contributed by atoms with Crippen LogP contribution in [0.15, 0.2) is 66.7 Å². The van der Waals surface area contributed by atoms with Crippen LogP contribution in [-0.2, 0) is 0 Å². The Bertz CT molecular complexity index is 1280. The van der Waals surface area contributed by atoms with Gasteiger partial charge < -0.3 is 29.9 Å². The molecule has 0 atom stereocenters. The van der Waals surface area contributed by atoms with Crippen molar-refractivity contribution in [1.82, 2.24) is 5.32 Å². The summed E-state index contributed by atoms with van der Waals surface area (Å²) in [5, 5.41) is 6.03. The summed E-state index contributed by atoms with van der Waals surface area (Å²) in [6.07, 6.45) is 2.01. The Balaban J connectivity index is 1.36. The van der Waals surface area contributed by atoms with Crippen molar-refractivity contribution in [3.63, 3.8) is 0 Å². The van der Waals surface area contributed by atoms with E-state index in [2.05, 4.69) is 26.5 Å². The lowest BCUT2D eigenvalue weighted by Crippen LogP contribution is -2.47. The Hall–Kier alpha value is -4.20. The maximum Gasteiger partial charge on any atom is 0.259 e. The number of amides is 2. The number of carbonyl (C=O) groups is 2. The van der Waals surface area contributed by atoms with Crippen molar-refractivity contribution in [1.29, 1.82) is 0 Å². The predicted molar refractivity (Wildman–Crippen MR) is 145 cm³/mol. The lowest BCUT2D eigenvalue weighted by Gasteiger charge is -2.38. The number of para-hydroxylation sites is 3. The number of carbonyl (C=O) groups excluding carboxylic acids is 2. The van der Waals surface area contributed by atoms with E-state index >= 15 is 0 Å². The number of ether oxygens (including phenoxy) is 2. The first kappa shape index (κ1) is 24.5. The highest BCUT2D eigenvalue weighted by molar-refractivity contribution is 6.07. The number of benzene rings is 3. The van der Waals surface area contributed by atoms with Gasteiger partial charge in [0.2, 0.25) is 0 Å². The van der Waals surface area contributed by atoms with Crippen LogP contribution in [-0.4, -0.2) is 58.3 Å². The summed E-state index contributed by atoms with van der Waals surface area (Å²) in [4.78, 5) is 30.7. The molecule has 0 aromatic heterocycles. The van der Waals surface area contributed by atoms with Gasteiger partial charge in [-0.05, 0) is 55.3 Å². The molecule has 0 radical (unpaired) electrons. The van der Waals surface area contributed by atoms with Gasteiger partial charge in [0, 0.05) is 43.6 Å². The van der Waals surface area contributed by atoms with E-state index in [1.54, 1.807) is 31.4 Å². The molecule has 5 rings (SSSR count). The Morgan fingerprint density at radius 3 is 2.03 bits per heavy atom. The Kier molecular flexibility index (Phi) is 7.16. The summed E-state index contributed by atoms with van der Waals surface area (Å²) in [6.45, 7) is 3.12. The summed E-state index contributed by atoms with van der Waals surface area (Å²) in [7, 11) is 3.23. The molecule has 2 N–H and O–H groups in total. The van der Waals surface area contributed by atoms with E-state index in [9.17, 15) is 9.59 Å². The minimum Gasteiger partial charge on any atom is -0.496 e. The summed E-state index contributed by atoms with van der Waals surface area (Å²) in [6, 6.07) is 20.9. The molecule has 2 fully saturated rings. The van der Waals surface area contributed by atoms with Crippen molar-refractivity contribution in [2.45, 2.75) is 18.9 Å². The van der Waals surface area contributed by atoms with Crippen molar-refractivity contribution in [3.05, 3.63) is 77.9 Å². The molecule has 0 spiro atoms. The van der Waals surface area contributed by atoms with E-state index in [0.29, 0.717) is 22.6 Å². The first-order valence-corrected chi connectivity index (χ1v) is 12.6. The standard InChI is InChI=1S/C29H32N4O4/c1-36-26-9-5-3-7-22(26)28(34)31-21-13-14-24(23(19-21)29(35)30-20-11-12-20)32-15-17-33(18-16-32)25-8-4-6-10-27(25)37-2/h3-10,13-14,19-20H,11-12,15-18H2,1-2H3,(H,30,35)(H,31,34). The van der Waals surface area contributed by atoms with Crippen LogP contribution in [0, 0.1) is 0 Å². The van der Waals surface area contributed by atoms with Crippen LogP contribution in [0.25, 0.3) is 0 Å². The SMILES string of the molecule is COc1ccccc1C(=O)Nc1ccc(N2CCN(c3ccccc3OC)CC2)c(C(=O)NC2CC2)c1. The molecule has 37 heavy (non-hydrogen) atoms. The van der Waals surface area contributed by atoms with Crippen LogP contribution in [0.2, 0.25) is 0 Å². The minimum atomic E-state index is -0.288. The Morgan fingerprint density at radius 2 is 1.35 bits per heavy atom. The van der Waals surface area contributed by atoms with Gasteiger partial charge >= 0.3 is 0 Å². The fourth-order valence-corrected chi connectivity index (χ4v) is 4.67. The van der Waals surface area contributed by atoms with Gasteiger partial charge in [0.05, 0.1) is 31.0 Å². The van der Waals surface area contributed by atoms with E-state index < -0.39 is 0 Å². The second kappa shape index (κ2) is 10.8. The van der Waals surface area contributed by atoms with Gasteiger partial charge in [-0.3, -0.25) is 9.59 Å². The summed E-state index contributed by atoms with van der Waals surface area (Å²) >= 11 is 0. The van der Waals surface area contributed by atoms with E-state index in [0.717, 1.165) is 56.1 Å². The monoisotopic (exact) mass is 500 g/mol. The number of hydrogen-bond donors (Lipinski definition) is 2. The normalized spacial score (nSPS) is 15.2. The third kappa shape index (κ3) is 5.48. The first-order chi connectivity index (χ1) is 18.1. The van der Waals surface area contributed by atoms with Crippen molar-refractivity contribution < 1.29 is 19.1 Å². The number of anilines is 3. The van der Waals surface area contributed by atoms with E-state index in [-0.39, 0.29) is 17.9 Å². The lowest BCUT2D eigenvalue weighted by atomic mass is 10.1. The van der Waals surface area contributed by atoms with Gasteiger partial charge in [-0.1, -0.05) is 24.3 Å². The molecule has 192 valence electrons. The van der Waals surface area contributed by atoms with Gasteiger partial charge in [0.1, 0.15) is 11.5 Å². The largest absolute Gasteiger partial charge is 0.496 e. The van der Waals surface area contributed by atoms with E-state index in [1.165, 1.54) is 7.11 Å². The number of hydrogen-bond acceptors (Lipinski definition) is 6. The summed E-state index contributed by atoms with van der Waals surface area (Å²) in [5.41, 5.74) is 3.51. The molecule has 1 saturated carbocycles. The second-order valence-electron chi connectivity index (χ2n) is 9.28. The highest BCUT2D eigenvalue weighted by Crippen LogP contribution is 2.32. The molecule has 1 aliphatic carbocycles. The van der Waals surface area contributed by atoms with Gasteiger partial charge in [0.15, 0.2) is 0 Å². The number of nitrogens with zero attached hydrogens (tertiary/aromatic N) is 2. The molecule has 0 bridgehead atoms. The Labute approximate surface area is 217 Å². The topological polar surface area (TPSA) is 83.1 Å². The molecule has 3 aromatic carbocycles. The van der Waals surface area contributed by atoms with Crippen LogP contribution in [0.4, 0.5) is 17.1 Å². The van der Waals surface area contributed by atoms with Gasteiger partial charge in [-0.2, -0.15) is 0 Å². The first-order valence-electron chi connectivity index (χ1n) is 12.6. The zero-order valence-corrected chi connectivity index (χ0v) is 21.2. The van der Waals surface area contributed by atoms with E-state index in [1.807, 2.05) is 36.4 Å². The van der Waals surface area contributed by atoms with Crippen LogP contribution in [0.1, 0.15) is 33.6 Å². The van der Waals surface area contributed by atoms with Gasteiger partial charge in [-0.15, -0.1) is 0 Å². The zero-order chi connectivity index (χ0) is 25.8. The van der Waals surface area contributed by atoms with Gasteiger partial charge in [0.25, 0.3) is 11.8 Å². The molecular formula is C29H32N4O4. The van der Waals surface area contributed by atoms with Gasteiger partial charge in [-0.25, -0.2) is 0 Å². The molecule has 8 nitrogen and oxygen atoms in total. The van der Waals surface area contributed by atoms with Crippen molar-refractivity contribution in [3.8, 4) is 11.5 Å². The molecule has 1 saturated heterocycles. The van der Waals surface area contributed by atoms with Crippen LogP contribution in [0.3, 0.4) is 0 Å². The van der Waals surface area contributed by atoms with Crippen molar-refractivity contribution >= 4 is 28.9 Å². The molecular weight excluding hydrogens is 468 g/mol. The molecule has 2 aliphatic rings. The smallest absolute Gasteiger partial charge is 0.259 e. The molecule has 3 aromatic rings. The zero-order valence-electron chi connectivity index (χ0n) is 21.2. The number of nitrogens with one attached hydrogen (secondary N) is 2. The fraction of sp³-hybridized carbons (Fsp3) is 0.310. The Morgan fingerprint density at radius 1 is 0.730 bits per heavy atom. The molecule has 1 heterocycles. The maximum absolute atomic E-state index is 13.2. The van der Waals surface area contributed by atoms with Crippen molar-refractivity contribution in [2.75, 3.05) is 55.5 Å². The third-order valence-electron chi connectivity index (χ3n) is 6.81. The van der Waals surface area contributed by atoms with E-state index in [4.69, 9.17) is 9.47 Å².